The molecule has 0 amide bonds. The fourth-order valence-corrected chi connectivity index (χ4v) is 4.47. The third-order valence-electron chi connectivity index (χ3n) is 6.31. The smallest absolute Gasteiger partial charge is 0.228 e. The molecule has 2 aromatic rings. The van der Waals surface area contributed by atoms with E-state index < -0.39 is 17.0 Å². The summed E-state index contributed by atoms with van der Waals surface area (Å²) in [5.41, 5.74) is 0.705. The largest absolute Gasteiger partial charge is 0.492 e. The maximum Gasteiger partial charge on any atom is 0.228 e. The molecule has 5 nitrogen and oxygen atoms in total. The Hall–Kier alpha value is -2.18. The molecule has 0 saturated heterocycles. The summed E-state index contributed by atoms with van der Waals surface area (Å²) in [4.78, 5) is 24.5. The van der Waals surface area contributed by atoms with Crippen molar-refractivity contribution in [3.05, 3.63) is 50.5 Å². The van der Waals surface area contributed by atoms with E-state index in [1.165, 1.54) is 13.1 Å². The Labute approximate surface area is 179 Å². The molecule has 1 aliphatic heterocycles. The number of hydrogen-bond acceptors (Lipinski definition) is 4. The number of halogens is 2. The lowest BCUT2D eigenvalue weighted by molar-refractivity contribution is 0.101. The van der Waals surface area contributed by atoms with Crippen LogP contribution in [-0.4, -0.2) is 30.7 Å². The van der Waals surface area contributed by atoms with E-state index in [0.29, 0.717) is 36.0 Å². The van der Waals surface area contributed by atoms with Gasteiger partial charge in [0, 0.05) is 37.9 Å². The van der Waals surface area contributed by atoms with Gasteiger partial charge in [0.15, 0.2) is 11.6 Å². The summed E-state index contributed by atoms with van der Waals surface area (Å²) >= 11 is 6.43. The van der Waals surface area contributed by atoms with Crippen LogP contribution in [0.4, 0.5) is 4.39 Å². The molecule has 1 atom stereocenters. The van der Waals surface area contributed by atoms with E-state index in [1.807, 2.05) is 6.07 Å². The van der Waals surface area contributed by atoms with Gasteiger partial charge in [-0.3, -0.25) is 9.59 Å². The lowest BCUT2D eigenvalue weighted by atomic mass is 9.84. The van der Waals surface area contributed by atoms with Gasteiger partial charge in [-0.2, -0.15) is 0 Å². The number of ketones is 1. The number of nitrogens with zero attached hydrogens (tertiary/aromatic N) is 1. The second kappa shape index (κ2) is 7.82. The highest BCUT2D eigenvalue weighted by Crippen LogP contribution is 2.57. The zero-order valence-electron chi connectivity index (χ0n) is 17.4. The van der Waals surface area contributed by atoms with Crippen LogP contribution < -0.4 is 10.2 Å². The molecule has 4 rings (SSSR count). The third kappa shape index (κ3) is 3.56. The highest BCUT2D eigenvalue weighted by atomic mass is 35.5. The molecule has 1 aromatic carbocycles. The van der Waals surface area contributed by atoms with Gasteiger partial charge in [0.2, 0.25) is 5.43 Å². The Balaban J connectivity index is 1.84. The number of Topliss-reactive ketones (excluding diaryl/α,β-unsaturated/α-hetero) is 1. The predicted molar refractivity (Wildman–Crippen MR) is 113 cm³/mol. The number of aromatic nitrogens is 1. The Morgan fingerprint density at radius 3 is 2.70 bits per heavy atom. The molecule has 0 bridgehead atoms. The van der Waals surface area contributed by atoms with E-state index in [2.05, 4.69) is 6.92 Å². The van der Waals surface area contributed by atoms with Crippen LogP contribution in [0.25, 0.3) is 11.3 Å². The number of fused-ring (bicyclic) bond motifs is 3. The SMILES string of the molecule is COCCCOc1cc2c(cc1Cl)-c1c(F)c(=O)c(C(C)=O)cn1C(C1(C)CC1)C2. The van der Waals surface area contributed by atoms with Crippen LogP contribution in [0, 0.1) is 11.2 Å². The maximum atomic E-state index is 15.3. The summed E-state index contributed by atoms with van der Waals surface area (Å²) in [5.74, 6) is -0.789. The summed E-state index contributed by atoms with van der Waals surface area (Å²) in [6, 6.07) is 3.47. The molecule has 2 aliphatic rings. The van der Waals surface area contributed by atoms with Crippen molar-refractivity contribution in [2.24, 2.45) is 5.41 Å². The molecule has 0 spiro atoms. The number of benzene rings is 1. The molecule has 0 N–H and O–H groups in total. The number of methoxy groups -OCH3 is 1. The molecule has 160 valence electrons. The van der Waals surface area contributed by atoms with Gasteiger partial charge in [0.1, 0.15) is 5.75 Å². The Morgan fingerprint density at radius 1 is 1.33 bits per heavy atom. The molecular formula is C23H25ClFNO4. The number of pyridine rings is 1. The first kappa shape index (κ1) is 21.1. The summed E-state index contributed by atoms with van der Waals surface area (Å²) in [6.07, 6.45) is 4.95. The van der Waals surface area contributed by atoms with Gasteiger partial charge in [-0.1, -0.05) is 18.5 Å². The summed E-state index contributed by atoms with van der Waals surface area (Å²) in [5, 5.41) is 0.358. The average molecular weight is 434 g/mol. The van der Waals surface area contributed by atoms with Crippen molar-refractivity contribution < 1.29 is 18.7 Å². The van der Waals surface area contributed by atoms with Crippen molar-refractivity contribution in [2.75, 3.05) is 20.3 Å². The van der Waals surface area contributed by atoms with E-state index in [0.717, 1.165) is 24.8 Å². The topological polar surface area (TPSA) is 57.5 Å². The van der Waals surface area contributed by atoms with Gasteiger partial charge >= 0.3 is 0 Å². The molecule has 1 saturated carbocycles. The predicted octanol–water partition coefficient (Wildman–Crippen LogP) is 4.82. The van der Waals surface area contributed by atoms with Gasteiger partial charge in [-0.05, 0) is 49.3 Å². The quantitative estimate of drug-likeness (QED) is 0.464. The molecule has 30 heavy (non-hydrogen) atoms. The average Bonchev–Trinajstić information content (AvgIpc) is 3.45. The number of ether oxygens (including phenoxy) is 2. The fraction of sp³-hybridized carbons (Fsp3) is 0.478. The van der Waals surface area contributed by atoms with Crippen LogP contribution in [0.2, 0.25) is 5.02 Å². The van der Waals surface area contributed by atoms with E-state index in [1.54, 1.807) is 17.7 Å². The first-order chi connectivity index (χ1) is 14.3. The van der Waals surface area contributed by atoms with E-state index in [4.69, 9.17) is 21.1 Å². The lowest BCUT2D eigenvalue weighted by Crippen LogP contribution is -2.31. The molecule has 1 aromatic heterocycles. The molecule has 0 radical (unpaired) electrons. The van der Waals surface area contributed by atoms with Crippen molar-refractivity contribution in [1.82, 2.24) is 4.57 Å². The van der Waals surface area contributed by atoms with E-state index in [-0.39, 0.29) is 22.7 Å². The summed E-state index contributed by atoms with van der Waals surface area (Å²) in [7, 11) is 1.63. The Morgan fingerprint density at radius 2 is 2.07 bits per heavy atom. The second-order valence-corrected chi connectivity index (χ2v) is 8.91. The van der Waals surface area contributed by atoms with Crippen LogP contribution in [0.3, 0.4) is 0 Å². The Bertz CT molecular complexity index is 1070. The third-order valence-corrected chi connectivity index (χ3v) is 6.61. The minimum atomic E-state index is -0.900. The minimum absolute atomic E-state index is 0.00112. The van der Waals surface area contributed by atoms with Crippen LogP contribution in [-0.2, 0) is 11.2 Å². The fourth-order valence-electron chi connectivity index (χ4n) is 4.26. The van der Waals surface area contributed by atoms with Crippen molar-refractivity contribution in [3.8, 4) is 17.0 Å². The maximum absolute atomic E-state index is 15.3. The highest BCUT2D eigenvalue weighted by Gasteiger charge is 2.48. The van der Waals surface area contributed by atoms with Crippen LogP contribution >= 0.6 is 11.6 Å². The minimum Gasteiger partial charge on any atom is -0.492 e. The number of hydrogen-bond donors (Lipinski definition) is 0. The summed E-state index contributed by atoms with van der Waals surface area (Å²) in [6.45, 7) is 4.49. The highest BCUT2D eigenvalue weighted by molar-refractivity contribution is 6.32. The van der Waals surface area contributed by atoms with Gasteiger partial charge in [0.25, 0.3) is 0 Å². The molecular weight excluding hydrogens is 409 g/mol. The molecule has 1 unspecified atom stereocenters. The van der Waals surface area contributed by atoms with Gasteiger partial charge in [-0.25, -0.2) is 4.39 Å². The van der Waals surface area contributed by atoms with Crippen LogP contribution in [0.15, 0.2) is 23.1 Å². The molecule has 1 aliphatic carbocycles. The van der Waals surface area contributed by atoms with Crippen molar-refractivity contribution in [2.45, 2.75) is 45.6 Å². The van der Waals surface area contributed by atoms with Crippen LogP contribution in [0.1, 0.15) is 55.1 Å². The van der Waals surface area contributed by atoms with Crippen molar-refractivity contribution >= 4 is 17.4 Å². The lowest BCUT2D eigenvalue weighted by Gasteiger charge is -2.35. The van der Waals surface area contributed by atoms with Gasteiger partial charge < -0.3 is 14.0 Å². The zero-order valence-corrected chi connectivity index (χ0v) is 18.1. The molecule has 1 fully saturated rings. The standard InChI is InChI=1S/C23H25ClFNO4/c1-13(27)16-12-26-19(23(2)5-6-23)10-14-9-18(30-8-4-7-29-3)17(24)11-15(14)21(26)20(25)22(16)28/h9,11-12,19H,4-8,10H2,1-3H3. The van der Waals surface area contributed by atoms with Crippen molar-refractivity contribution in [1.29, 1.82) is 0 Å². The van der Waals surface area contributed by atoms with Crippen molar-refractivity contribution in [3.63, 3.8) is 0 Å². The first-order valence-electron chi connectivity index (χ1n) is 10.2. The van der Waals surface area contributed by atoms with E-state index in [9.17, 15) is 9.59 Å². The van der Waals surface area contributed by atoms with E-state index >= 15 is 4.39 Å². The zero-order chi connectivity index (χ0) is 21.6. The summed E-state index contributed by atoms with van der Waals surface area (Å²) < 4.78 is 28.0. The normalized spacial score (nSPS) is 18.5. The number of carbonyl (C=O) groups is 1. The first-order valence-corrected chi connectivity index (χ1v) is 10.5. The van der Waals surface area contributed by atoms with Gasteiger partial charge in [-0.15, -0.1) is 0 Å². The number of carbonyl (C=O) groups excluding carboxylic acids is 1. The molecule has 2 heterocycles. The number of rotatable bonds is 7. The molecule has 7 heteroatoms. The Kier molecular flexibility index (Phi) is 5.49. The second-order valence-electron chi connectivity index (χ2n) is 8.51. The van der Waals surface area contributed by atoms with Gasteiger partial charge in [0.05, 0.1) is 22.9 Å². The van der Waals surface area contributed by atoms with Crippen LogP contribution in [0.5, 0.6) is 5.75 Å². The monoisotopic (exact) mass is 433 g/mol.